The van der Waals surface area contributed by atoms with Crippen LogP contribution in [0.4, 0.5) is 11.4 Å². The number of hydrogen-bond acceptors (Lipinski definition) is 8. The van der Waals surface area contributed by atoms with Crippen molar-refractivity contribution < 1.29 is 28.6 Å². The first-order valence-electron chi connectivity index (χ1n) is 8.57. The van der Waals surface area contributed by atoms with Crippen molar-refractivity contribution in [1.82, 2.24) is 0 Å². The highest BCUT2D eigenvalue weighted by atomic mass is 16.5. The number of nitrogens with one attached hydrogen (secondary N) is 2. The van der Waals surface area contributed by atoms with Gasteiger partial charge in [0.1, 0.15) is 17.4 Å². The maximum atomic E-state index is 12.5. The summed E-state index contributed by atoms with van der Waals surface area (Å²) in [5.74, 6) is -1.56. The Morgan fingerprint density at radius 3 is 2.30 bits per heavy atom. The number of nitrogens with zero attached hydrogens (tertiary/aromatic N) is 1. The Morgan fingerprint density at radius 2 is 1.67 bits per heavy atom. The lowest BCUT2D eigenvalue weighted by atomic mass is 10.1. The van der Waals surface area contributed by atoms with Crippen LogP contribution in [0.3, 0.4) is 0 Å². The van der Waals surface area contributed by atoms with E-state index < -0.39 is 17.8 Å². The SMILES string of the molecule is COC(=O)c1ccc(C(=O)OC)c(N/C=C(/C#N)C(=O)Nc2ccccc2OC)c1. The van der Waals surface area contributed by atoms with Crippen molar-refractivity contribution in [2.24, 2.45) is 0 Å². The minimum atomic E-state index is -0.696. The van der Waals surface area contributed by atoms with Crippen LogP contribution >= 0.6 is 0 Å². The number of ether oxygens (including phenoxy) is 3. The molecule has 0 heterocycles. The van der Waals surface area contributed by atoms with E-state index in [9.17, 15) is 19.6 Å². The Balaban J connectivity index is 2.32. The van der Waals surface area contributed by atoms with Gasteiger partial charge in [0, 0.05) is 6.20 Å². The van der Waals surface area contributed by atoms with E-state index in [0.29, 0.717) is 11.4 Å². The molecule has 0 unspecified atom stereocenters. The second-order valence-corrected chi connectivity index (χ2v) is 5.71. The summed E-state index contributed by atoms with van der Waals surface area (Å²) in [6.07, 6.45) is 1.12. The van der Waals surface area contributed by atoms with Gasteiger partial charge in [-0.05, 0) is 30.3 Å². The number of hydrogen-bond donors (Lipinski definition) is 2. The second-order valence-electron chi connectivity index (χ2n) is 5.71. The summed E-state index contributed by atoms with van der Waals surface area (Å²) in [5.41, 5.74) is 0.527. The number of para-hydroxylation sites is 2. The first-order valence-corrected chi connectivity index (χ1v) is 8.57. The number of carbonyl (C=O) groups is 3. The minimum Gasteiger partial charge on any atom is -0.495 e. The molecule has 0 aromatic heterocycles. The Kier molecular flexibility index (Phi) is 7.53. The maximum Gasteiger partial charge on any atom is 0.339 e. The molecule has 2 rings (SSSR count). The van der Waals surface area contributed by atoms with E-state index in [4.69, 9.17) is 9.47 Å². The fourth-order valence-corrected chi connectivity index (χ4v) is 2.43. The molecule has 0 aliphatic heterocycles. The molecule has 0 saturated heterocycles. The highest BCUT2D eigenvalue weighted by Gasteiger charge is 2.17. The number of rotatable bonds is 7. The van der Waals surface area contributed by atoms with Crippen LogP contribution < -0.4 is 15.4 Å². The normalized spacial score (nSPS) is 10.4. The monoisotopic (exact) mass is 409 g/mol. The van der Waals surface area contributed by atoms with Crippen LogP contribution in [0.25, 0.3) is 0 Å². The van der Waals surface area contributed by atoms with Crippen LogP contribution in [0.15, 0.2) is 54.2 Å². The van der Waals surface area contributed by atoms with Gasteiger partial charge in [-0.3, -0.25) is 4.79 Å². The zero-order valence-corrected chi connectivity index (χ0v) is 16.5. The van der Waals surface area contributed by atoms with Gasteiger partial charge >= 0.3 is 11.9 Å². The third-order valence-corrected chi connectivity index (χ3v) is 3.94. The molecular formula is C21H19N3O6. The average molecular weight is 409 g/mol. The van der Waals surface area contributed by atoms with Crippen LogP contribution in [0.2, 0.25) is 0 Å². The summed E-state index contributed by atoms with van der Waals surface area (Å²) >= 11 is 0. The molecule has 0 aliphatic carbocycles. The van der Waals surface area contributed by atoms with Crippen LogP contribution in [0, 0.1) is 11.3 Å². The highest BCUT2D eigenvalue weighted by molar-refractivity contribution is 6.07. The van der Waals surface area contributed by atoms with E-state index in [1.165, 1.54) is 39.5 Å². The standard InChI is InChI=1S/C21H19N3O6/c1-28-18-7-5-4-6-16(18)24-19(25)14(11-22)12-23-17-10-13(20(26)29-2)8-9-15(17)21(27)30-3/h4-10,12,23H,1-3H3,(H,24,25)/b14-12-. The van der Waals surface area contributed by atoms with E-state index >= 15 is 0 Å². The third kappa shape index (κ3) is 5.14. The third-order valence-electron chi connectivity index (χ3n) is 3.94. The summed E-state index contributed by atoms with van der Waals surface area (Å²) < 4.78 is 14.5. The largest absolute Gasteiger partial charge is 0.495 e. The van der Waals surface area contributed by atoms with Gasteiger partial charge in [-0.2, -0.15) is 5.26 Å². The molecule has 0 saturated carbocycles. The molecule has 0 fully saturated rings. The number of carbonyl (C=O) groups excluding carboxylic acids is 3. The zero-order chi connectivity index (χ0) is 22.1. The molecule has 0 radical (unpaired) electrons. The van der Waals surface area contributed by atoms with Crippen LogP contribution in [-0.2, 0) is 14.3 Å². The molecule has 2 aromatic carbocycles. The van der Waals surface area contributed by atoms with E-state index in [2.05, 4.69) is 15.4 Å². The van der Waals surface area contributed by atoms with Crippen molar-refractivity contribution in [3.05, 3.63) is 65.4 Å². The predicted octanol–water partition coefficient (Wildman–Crippen LogP) is 2.73. The van der Waals surface area contributed by atoms with Gasteiger partial charge in [-0.15, -0.1) is 0 Å². The average Bonchev–Trinajstić information content (AvgIpc) is 2.78. The number of benzene rings is 2. The lowest BCUT2D eigenvalue weighted by molar-refractivity contribution is -0.112. The number of anilines is 2. The lowest BCUT2D eigenvalue weighted by Gasteiger charge is -2.11. The summed E-state index contributed by atoms with van der Waals surface area (Å²) in [7, 11) is 3.88. The number of esters is 2. The van der Waals surface area contributed by atoms with Gasteiger partial charge in [0.25, 0.3) is 5.91 Å². The molecule has 30 heavy (non-hydrogen) atoms. The molecule has 9 heteroatoms. The van der Waals surface area contributed by atoms with Crippen molar-refractivity contribution in [2.75, 3.05) is 32.0 Å². The molecule has 2 N–H and O–H groups in total. The summed E-state index contributed by atoms with van der Waals surface area (Å²) in [6.45, 7) is 0. The number of methoxy groups -OCH3 is 3. The quantitative estimate of drug-likeness (QED) is 0.406. The van der Waals surface area contributed by atoms with E-state index in [1.54, 1.807) is 30.3 Å². The van der Waals surface area contributed by atoms with E-state index in [1.807, 2.05) is 0 Å². The molecule has 154 valence electrons. The maximum absolute atomic E-state index is 12.5. The van der Waals surface area contributed by atoms with Crippen molar-refractivity contribution in [3.63, 3.8) is 0 Å². The minimum absolute atomic E-state index is 0.101. The van der Waals surface area contributed by atoms with Crippen LogP contribution in [0.5, 0.6) is 5.75 Å². The van der Waals surface area contributed by atoms with Crippen molar-refractivity contribution >= 4 is 29.2 Å². The number of nitriles is 1. The molecule has 0 atom stereocenters. The molecule has 0 aliphatic rings. The Hall–Kier alpha value is -4.32. The van der Waals surface area contributed by atoms with Crippen molar-refractivity contribution in [3.8, 4) is 11.8 Å². The molecule has 1 amide bonds. The second kappa shape index (κ2) is 10.3. The van der Waals surface area contributed by atoms with Gasteiger partial charge in [0.15, 0.2) is 0 Å². The lowest BCUT2D eigenvalue weighted by Crippen LogP contribution is -2.15. The molecule has 2 aromatic rings. The summed E-state index contributed by atoms with van der Waals surface area (Å²) in [4.78, 5) is 36.2. The van der Waals surface area contributed by atoms with Gasteiger partial charge in [0.05, 0.1) is 43.8 Å². The fourth-order valence-electron chi connectivity index (χ4n) is 2.43. The molecule has 0 spiro atoms. The zero-order valence-electron chi connectivity index (χ0n) is 16.5. The van der Waals surface area contributed by atoms with Gasteiger partial charge in [-0.25, -0.2) is 9.59 Å². The van der Waals surface area contributed by atoms with E-state index in [-0.39, 0.29) is 22.4 Å². The van der Waals surface area contributed by atoms with Crippen LogP contribution in [0.1, 0.15) is 20.7 Å². The van der Waals surface area contributed by atoms with Crippen LogP contribution in [-0.4, -0.2) is 39.2 Å². The first-order chi connectivity index (χ1) is 14.4. The van der Waals surface area contributed by atoms with Crippen molar-refractivity contribution in [1.29, 1.82) is 5.26 Å². The fraction of sp³-hybridized carbons (Fsp3) is 0.143. The smallest absolute Gasteiger partial charge is 0.339 e. The Morgan fingerprint density at radius 1 is 0.967 bits per heavy atom. The predicted molar refractivity (Wildman–Crippen MR) is 108 cm³/mol. The molecule has 0 bridgehead atoms. The van der Waals surface area contributed by atoms with E-state index in [0.717, 1.165) is 6.20 Å². The Labute approximate surface area is 172 Å². The topological polar surface area (TPSA) is 127 Å². The highest BCUT2D eigenvalue weighted by Crippen LogP contribution is 2.24. The van der Waals surface area contributed by atoms with Gasteiger partial charge in [0.2, 0.25) is 0 Å². The molecule has 9 nitrogen and oxygen atoms in total. The van der Waals surface area contributed by atoms with Crippen molar-refractivity contribution in [2.45, 2.75) is 0 Å². The summed E-state index contributed by atoms with van der Waals surface area (Å²) in [5, 5.41) is 14.7. The Bertz CT molecular complexity index is 1040. The number of amides is 1. The summed E-state index contributed by atoms with van der Waals surface area (Å²) in [6, 6.07) is 12.6. The van der Waals surface area contributed by atoms with Gasteiger partial charge < -0.3 is 24.8 Å². The van der Waals surface area contributed by atoms with Gasteiger partial charge in [-0.1, -0.05) is 12.1 Å². The molecular weight excluding hydrogens is 390 g/mol. The first kappa shape index (κ1) is 22.0.